The first-order chi connectivity index (χ1) is 10.5. The normalized spacial score (nSPS) is 14.9. The smallest absolute Gasteiger partial charge is 0.263 e. The summed E-state index contributed by atoms with van der Waals surface area (Å²) < 4.78 is 5.56. The molecule has 0 atom stereocenters. The number of hydrogen-bond donors (Lipinski definition) is 0. The van der Waals surface area contributed by atoms with Gasteiger partial charge in [0.05, 0.1) is 11.8 Å². The Bertz CT molecular complexity index is 651. The maximum absolute atomic E-state index is 13.1. The minimum Gasteiger partial charge on any atom is -0.468 e. The summed E-state index contributed by atoms with van der Waals surface area (Å²) in [6.45, 7) is 6.96. The van der Waals surface area contributed by atoms with Crippen molar-refractivity contribution in [3.05, 3.63) is 48.0 Å². The van der Waals surface area contributed by atoms with Gasteiger partial charge in [-0.05, 0) is 36.5 Å². The van der Waals surface area contributed by atoms with Crippen LogP contribution in [0.4, 0.5) is 5.82 Å². The van der Waals surface area contributed by atoms with Gasteiger partial charge in [0.2, 0.25) is 0 Å². The van der Waals surface area contributed by atoms with Gasteiger partial charge in [0.15, 0.2) is 0 Å². The molecule has 0 aromatic carbocycles. The van der Waals surface area contributed by atoms with Crippen LogP contribution in [0.3, 0.4) is 0 Å². The largest absolute Gasteiger partial charge is 0.468 e. The van der Waals surface area contributed by atoms with Crippen LogP contribution in [0.15, 0.2) is 41.1 Å². The summed E-state index contributed by atoms with van der Waals surface area (Å²) in [4.78, 5) is 19.2. The van der Waals surface area contributed by atoms with Crippen LogP contribution < -0.4 is 4.90 Å². The molecule has 116 valence electrons. The second kappa shape index (κ2) is 5.59. The molecule has 1 amide bonds. The van der Waals surface area contributed by atoms with E-state index in [9.17, 15) is 4.79 Å². The number of furan rings is 1. The third-order valence-electron chi connectivity index (χ3n) is 3.68. The Hall–Kier alpha value is -2.10. The van der Waals surface area contributed by atoms with Crippen molar-refractivity contribution >= 4 is 11.7 Å². The van der Waals surface area contributed by atoms with Crippen LogP contribution in [-0.4, -0.2) is 17.4 Å². The zero-order chi connectivity index (χ0) is 15.7. The number of carbonyl (C=O) groups is 1. The minimum absolute atomic E-state index is 0.0172. The van der Waals surface area contributed by atoms with E-state index in [0.29, 0.717) is 23.8 Å². The van der Waals surface area contributed by atoms with Crippen molar-refractivity contribution in [1.82, 2.24) is 4.98 Å². The molecule has 0 N–H and O–H groups in total. The van der Waals surface area contributed by atoms with Crippen LogP contribution in [0.5, 0.6) is 0 Å². The quantitative estimate of drug-likeness (QED) is 0.848. The van der Waals surface area contributed by atoms with Crippen molar-refractivity contribution in [1.29, 1.82) is 0 Å². The van der Waals surface area contributed by atoms with Gasteiger partial charge in [-0.1, -0.05) is 26.8 Å². The Morgan fingerprint density at radius 3 is 2.68 bits per heavy atom. The van der Waals surface area contributed by atoms with Crippen LogP contribution >= 0.6 is 0 Å². The molecule has 22 heavy (non-hydrogen) atoms. The highest BCUT2D eigenvalue weighted by atomic mass is 16.3. The van der Waals surface area contributed by atoms with Crippen LogP contribution in [-0.2, 0) is 0 Å². The predicted molar refractivity (Wildman–Crippen MR) is 86.1 cm³/mol. The van der Waals surface area contributed by atoms with Gasteiger partial charge in [0, 0.05) is 18.7 Å². The molecular formula is C18H22N2O2. The first kappa shape index (κ1) is 14.8. The molecule has 0 spiro atoms. The number of rotatable bonds is 4. The molecule has 0 aliphatic heterocycles. The van der Waals surface area contributed by atoms with Crippen LogP contribution in [0.25, 0.3) is 0 Å². The van der Waals surface area contributed by atoms with E-state index in [1.54, 1.807) is 23.4 Å². The molecule has 0 radical (unpaired) electrons. The Balaban J connectivity index is 1.94. The van der Waals surface area contributed by atoms with Gasteiger partial charge in [-0.25, -0.2) is 4.98 Å². The maximum atomic E-state index is 13.1. The Morgan fingerprint density at radius 2 is 2.09 bits per heavy atom. The van der Waals surface area contributed by atoms with E-state index in [0.717, 1.165) is 18.6 Å². The van der Waals surface area contributed by atoms with Gasteiger partial charge in [-0.15, -0.1) is 0 Å². The summed E-state index contributed by atoms with van der Waals surface area (Å²) in [5.41, 5.74) is 0.661. The van der Waals surface area contributed by atoms with Gasteiger partial charge in [-0.2, -0.15) is 0 Å². The molecule has 0 saturated heterocycles. The number of pyridine rings is 1. The zero-order valence-corrected chi connectivity index (χ0v) is 13.4. The second-order valence-corrected chi connectivity index (χ2v) is 7.11. The lowest BCUT2D eigenvalue weighted by Crippen LogP contribution is -2.38. The average Bonchev–Trinajstić information content (AvgIpc) is 3.21. The third-order valence-corrected chi connectivity index (χ3v) is 3.68. The first-order valence-corrected chi connectivity index (χ1v) is 7.76. The number of carbonyl (C=O) groups excluding carboxylic acids is 1. The fraction of sp³-hybridized carbons (Fsp3) is 0.444. The van der Waals surface area contributed by atoms with Gasteiger partial charge < -0.3 is 4.42 Å². The Morgan fingerprint density at radius 1 is 1.32 bits per heavy atom. The molecule has 1 aliphatic carbocycles. The molecule has 1 saturated carbocycles. The van der Waals surface area contributed by atoms with E-state index < -0.39 is 0 Å². The Labute approximate surface area is 131 Å². The monoisotopic (exact) mass is 298 g/mol. The zero-order valence-electron chi connectivity index (χ0n) is 13.4. The molecule has 3 rings (SSSR count). The lowest BCUT2D eigenvalue weighted by molar-refractivity contribution is 0.0974. The standard InChI is InChI=1S/C18H22N2O2/c1-18(2,3)12-20(15-6-4-5-10-19-15)17(21)14-9-11-22-16(14)13-7-8-13/h4-6,9-11,13H,7-8,12H2,1-3H3. The van der Waals surface area contributed by atoms with E-state index >= 15 is 0 Å². The second-order valence-electron chi connectivity index (χ2n) is 7.11. The fourth-order valence-corrected chi connectivity index (χ4v) is 2.55. The Kier molecular flexibility index (Phi) is 3.77. The van der Waals surface area contributed by atoms with Crippen LogP contribution in [0.1, 0.15) is 55.6 Å². The summed E-state index contributed by atoms with van der Waals surface area (Å²) in [6, 6.07) is 7.42. The van der Waals surface area contributed by atoms with E-state index in [1.165, 1.54) is 0 Å². The number of amides is 1. The summed E-state index contributed by atoms with van der Waals surface area (Å²) in [5, 5.41) is 0. The molecule has 1 fully saturated rings. The number of aromatic nitrogens is 1. The molecule has 2 aromatic heterocycles. The highest BCUT2D eigenvalue weighted by Crippen LogP contribution is 2.42. The third kappa shape index (κ3) is 3.21. The molecule has 1 aliphatic rings. The molecule has 4 heteroatoms. The van der Waals surface area contributed by atoms with Crippen molar-refractivity contribution in [2.75, 3.05) is 11.4 Å². The average molecular weight is 298 g/mol. The lowest BCUT2D eigenvalue weighted by Gasteiger charge is -2.29. The van der Waals surface area contributed by atoms with Crippen molar-refractivity contribution < 1.29 is 9.21 Å². The minimum atomic E-state index is -0.0238. The molecule has 4 nitrogen and oxygen atoms in total. The molecule has 0 unspecified atom stereocenters. The maximum Gasteiger partial charge on any atom is 0.263 e. The van der Waals surface area contributed by atoms with Gasteiger partial charge in [-0.3, -0.25) is 9.69 Å². The summed E-state index contributed by atoms with van der Waals surface area (Å²) in [7, 11) is 0. The van der Waals surface area contributed by atoms with Crippen molar-refractivity contribution in [3.63, 3.8) is 0 Å². The van der Waals surface area contributed by atoms with Gasteiger partial charge in [0.1, 0.15) is 11.6 Å². The summed E-state index contributed by atoms with van der Waals surface area (Å²) in [5.74, 6) is 1.91. The van der Waals surface area contributed by atoms with Crippen molar-refractivity contribution in [3.8, 4) is 0 Å². The van der Waals surface area contributed by atoms with Crippen LogP contribution in [0.2, 0.25) is 0 Å². The highest BCUT2D eigenvalue weighted by molar-refractivity contribution is 6.06. The molecule has 2 heterocycles. The molecular weight excluding hydrogens is 276 g/mol. The van der Waals surface area contributed by atoms with Gasteiger partial charge in [0.25, 0.3) is 5.91 Å². The topological polar surface area (TPSA) is 46.3 Å². The summed E-state index contributed by atoms with van der Waals surface area (Å²) >= 11 is 0. The number of anilines is 1. The number of nitrogens with zero attached hydrogens (tertiary/aromatic N) is 2. The number of hydrogen-bond acceptors (Lipinski definition) is 3. The molecule has 2 aromatic rings. The lowest BCUT2D eigenvalue weighted by atomic mass is 9.95. The summed E-state index contributed by atoms with van der Waals surface area (Å²) in [6.07, 6.45) is 5.55. The SMILES string of the molecule is CC(C)(C)CN(C(=O)c1ccoc1C1CC1)c1ccccn1. The van der Waals surface area contributed by atoms with Crippen molar-refractivity contribution in [2.24, 2.45) is 5.41 Å². The first-order valence-electron chi connectivity index (χ1n) is 7.76. The van der Waals surface area contributed by atoms with Crippen molar-refractivity contribution in [2.45, 2.75) is 39.5 Å². The van der Waals surface area contributed by atoms with E-state index in [4.69, 9.17) is 4.42 Å². The van der Waals surface area contributed by atoms with E-state index in [2.05, 4.69) is 25.8 Å². The predicted octanol–water partition coefficient (Wildman–Crippen LogP) is 4.24. The highest BCUT2D eigenvalue weighted by Gasteiger charge is 2.34. The molecule has 0 bridgehead atoms. The van der Waals surface area contributed by atoms with Gasteiger partial charge >= 0.3 is 0 Å². The van der Waals surface area contributed by atoms with E-state index in [-0.39, 0.29) is 11.3 Å². The van der Waals surface area contributed by atoms with Crippen LogP contribution in [0, 0.1) is 5.41 Å². The van der Waals surface area contributed by atoms with E-state index in [1.807, 2.05) is 18.2 Å². The fourth-order valence-electron chi connectivity index (χ4n) is 2.55.